The number of hydrogen-bond donors (Lipinski definition) is 1. The highest BCUT2D eigenvalue weighted by atomic mass is 32.2. The quantitative estimate of drug-likeness (QED) is 0.833. The summed E-state index contributed by atoms with van der Waals surface area (Å²) >= 11 is 1.94. The molecule has 2 rings (SSSR count). The van der Waals surface area contributed by atoms with Gasteiger partial charge in [0.2, 0.25) is 0 Å². The summed E-state index contributed by atoms with van der Waals surface area (Å²) in [6.07, 6.45) is 5.37. The maximum atomic E-state index is 11.7. The zero-order chi connectivity index (χ0) is 12.3. The molecule has 1 aliphatic rings. The number of carbonyl (C=O) groups excluding carboxylic acids is 1. The molecule has 1 aromatic carbocycles. The number of Topliss-reactive ketones (excluding diaryl/α,β-unsaturated/α-hetero) is 1. The van der Waals surface area contributed by atoms with Crippen molar-refractivity contribution in [3.05, 3.63) is 29.8 Å². The largest absolute Gasteiger partial charge is 0.321 e. The van der Waals surface area contributed by atoms with Crippen LogP contribution in [0.1, 0.15) is 43.0 Å². The van der Waals surface area contributed by atoms with Gasteiger partial charge in [-0.15, -0.1) is 11.8 Å². The van der Waals surface area contributed by atoms with Crippen LogP contribution in [0.15, 0.2) is 29.2 Å². The van der Waals surface area contributed by atoms with Crippen LogP contribution in [-0.2, 0) is 0 Å². The summed E-state index contributed by atoms with van der Waals surface area (Å²) in [4.78, 5) is 12.9. The van der Waals surface area contributed by atoms with Crippen molar-refractivity contribution in [1.82, 2.24) is 0 Å². The molecular formula is C14H19NOS. The van der Waals surface area contributed by atoms with E-state index in [1.165, 1.54) is 30.6 Å². The molecule has 2 nitrogen and oxygen atoms in total. The van der Waals surface area contributed by atoms with E-state index in [0.29, 0.717) is 0 Å². The number of rotatable bonds is 4. The normalized spacial score (nSPS) is 18.2. The Morgan fingerprint density at radius 3 is 2.41 bits per heavy atom. The van der Waals surface area contributed by atoms with Gasteiger partial charge in [0.1, 0.15) is 0 Å². The van der Waals surface area contributed by atoms with Crippen LogP contribution in [0.4, 0.5) is 0 Å². The third-order valence-corrected chi connectivity index (χ3v) is 4.51. The standard InChI is InChI=1S/C14H19NOS/c1-10(15)14(16)11-6-8-13(9-7-11)17-12-4-2-3-5-12/h6-10,12H,2-5,15H2,1H3. The van der Waals surface area contributed by atoms with Crippen LogP contribution in [0.2, 0.25) is 0 Å². The molecule has 0 heterocycles. The molecule has 1 saturated carbocycles. The average Bonchev–Trinajstić information content (AvgIpc) is 2.82. The van der Waals surface area contributed by atoms with Gasteiger partial charge >= 0.3 is 0 Å². The first-order chi connectivity index (χ1) is 8.16. The molecule has 1 atom stereocenters. The average molecular weight is 249 g/mol. The second-order valence-electron chi connectivity index (χ2n) is 4.70. The van der Waals surface area contributed by atoms with E-state index in [1.54, 1.807) is 6.92 Å². The lowest BCUT2D eigenvalue weighted by Crippen LogP contribution is -2.26. The predicted molar refractivity (Wildman–Crippen MR) is 72.5 cm³/mol. The first-order valence-electron chi connectivity index (χ1n) is 6.23. The van der Waals surface area contributed by atoms with Gasteiger partial charge in [-0.1, -0.05) is 25.0 Å². The first kappa shape index (κ1) is 12.7. The van der Waals surface area contributed by atoms with Gasteiger partial charge in [0.15, 0.2) is 5.78 Å². The van der Waals surface area contributed by atoms with E-state index < -0.39 is 6.04 Å². The molecule has 0 spiro atoms. The van der Waals surface area contributed by atoms with E-state index in [4.69, 9.17) is 5.73 Å². The van der Waals surface area contributed by atoms with E-state index in [-0.39, 0.29) is 5.78 Å². The molecule has 17 heavy (non-hydrogen) atoms. The lowest BCUT2D eigenvalue weighted by Gasteiger charge is -2.09. The number of benzene rings is 1. The van der Waals surface area contributed by atoms with Gasteiger partial charge in [0, 0.05) is 15.7 Å². The van der Waals surface area contributed by atoms with Crippen molar-refractivity contribution in [1.29, 1.82) is 0 Å². The fraction of sp³-hybridized carbons (Fsp3) is 0.500. The lowest BCUT2D eigenvalue weighted by molar-refractivity contribution is 0.0968. The number of ketones is 1. The van der Waals surface area contributed by atoms with Gasteiger partial charge in [0.25, 0.3) is 0 Å². The number of carbonyl (C=O) groups is 1. The van der Waals surface area contributed by atoms with Crippen molar-refractivity contribution < 1.29 is 4.79 Å². The minimum atomic E-state index is -0.414. The van der Waals surface area contributed by atoms with Gasteiger partial charge in [-0.25, -0.2) is 0 Å². The summed E-state index contributed by atoms with van der Waals surface area (Å²) < 4.78 is 0. The van der Waals surface area contributed by atoms with Crippen LogP contribution in [0.5, 0.6) is 0 Å². The van der Waals surface area contributed by atoms with Crippen LogP contribution in [0.25, 0.3) is 0 Å². The maximum Gasteiger partial charge on any atom is 0.179 e. The van der Waals surface area contributed by atoms with Crippen LogP contribution >= 0.6 is 11.8 Å². The number of thioether (sulfide) groups is 1. The fourth-order valence-corrected chi connectivity index (χ4v) is 3.41. The van der Waals surface area contributed by atoms with Gasteiger partial charge in [-0.2, -0.15) is 0 Å². The molecule has 0 aliphatic heterocycles. The highest BCUT2D eigenvalue weighted by Gasteiger charge is 2.16. The summed E-state index contributed by atoms with van der Waals surface area (Å²) in [5.41, 5.74) is 6.30. The van der Waals surface area contributed by atoms with Gasteiger partial charge in [-0.05, 0) is 31.9 Å². The smallest absolute Gasteiger partial charge is 0.179 e. The summed E-state index contributed by atoms with van der Waals surface area (Å²) in [5, 5.41) is 0.769. The van der Waals surface area contributed by atoms with Crippen molar-refractivity contribution in [2.24, 2.45) is 5.73 Å². The molecule has 92 valence electrons. The lowest BCUT2D eigenvalue weighted by atomic mass is 10.1. The summed E-state index contributed by atoms with van der Waals surface area (Å²) in [6.45, 7) is 1.73. The van der Waals surface area contributed by atoms with E-state index in [2.05, 4.69) is 0 Å². The minimum absolute atomic E-state index is 0.0161. The SMILES string of the molecule is CC(N)C(=O)c1ccc(SC2CCCC2)cc1. The Balaban J connectivity index is 1.99. The zero-order valence-electron chi connectivity index (χ0n) is 10.2. The number of hydrogen-bond acceptors (Lipinski definition) is 3. The van der Waals surface area contributed by atoms with Gasteiger partial charge < -0.3 is 5.73 Å². The molecule has 1 aliphatic carbocycles. The molecule has 1 unspecified atom stereocenters. The molecule has 0 aromatic heterocycles. The van der Waals surface area contributed by atoms with Gasteiger partial charge in [-0.3, -0.25) is 4.79 Å². The molecule has 2 N–H and O–H groups in total. The summed E-state index contributed by atoms with van der Waals surface area (Å²) in [7, 11) is 0. The van der Waals surface area contributed by atoms with E-state index >= 15 is 0 Å². The van der Waals surface area contributed by atoms with Crippen LogP contribution in [0, 0.1) is 0 Å². The molecule has 0 saturated heterocycles. The fourth-order valence-electron chi connectivity index (χ4n) is 2.16. The van der Waals surface area contributed by atoms with Crippen molar-refractivity contribution in [3.63, 3.8) is 0 Å². The van der Waals surface area contributed by atoms with Crippen molar-refractivity contribution in [2.45, 2.75) is 48.8 Å². The predicted octanol–water partition coefficient (Wildman–Crippen LogP) is 3.25. The Hall–Kier alpha value is -0.800. The topological polar surface area (TPSA) is 43.1 Å². The van der Waals surface area contributed by atoms with E-state index in [9.17, 15) is 4.79 Å². The Bertz CT molecular complexity index is 380. The Morgan fingerprint density at radius 1 is 1.29 bits per heavy atom. The van der Waals surface area contributed by atoms with E-state index in [1.807, 2.05) is 36.0 Å². The molecular weight excluding hydrogens is 230 g/mol. The second kappa shape index (κ2) is 5.69. The second-order valence-corrected chi connectivity index (χ2v) is 6.08. The Kier molecular flexibility index (Phi) is 4.24. The zero-order valence-corrected chi connectivity index (χ0v) is 11.0. The first-order valence-corrected chi connectivity index (χ1v) is 7.11. The van der Waals surface area contributed by atoms with Crippen molar-refractivity contribution >= 4 is 17.5 Å². The van der Waals surface area contributed by atoms with Crippen LogP contribution in [-0.4, -0.2) is 17.1 Å². The summed E-state index contributed by atoms with van der Waals surface area (Å²) in [6, 6.07) is 7.45. The molecule has 1 aromatic rings. The number of nitrogens with two attached hydrogens (primary N) is 1. The Morgan fingerprint density at radius 2 is 1.88 bits per heavy atom. The molecule has 3 heteroatoms. The molecule has 1 fully saturated rings. The molecule has 0 amide bonds. The minimum Gasteiger partial charge on any atom is -0.321 e. The molecule has 0 bridgehead atoms. The highest BCUT2D eigenvalue weighted by Crippen LogP contribution is 2.34. The molecule has 0 radical (unpaired) electrons. The van der Waals surface area contributed by atoms with E-state index in [0.717, 1.165) is 10.8 Å². The third-order valence-electron chi connectivity index (χ3n) is 3.16. The van der Waals surface area contributed by atoms with Crippen LogP contribution in [0.3, 0.4) is 0 Å². The highest BCUT2D eigenvalue weighted by molar-refractivity contribution is 8.00. The summed E-state index contributed by atoms with van der Waals surface area (Å²) in [5.74, 6) is 0.0161. The van der Waals surface area contributed by atoms with Crippen molar-refractivity contribution in [3.8, 4) is 0 Å². The Labute approximate surface area is 107 Å². The van der Waals surface area contributed by atoms with Gasteiger partial charge in [0.05, 0.1) is 6.04 Å². The third kappa shape index (κ3) is 3.33. The monoisotopic (exact) mass is 249 g/mol. The van der Waals surface area contributed by atoms with Crippen molar-refractivity contribution in [2.75, 3.05) is 0 Å². The maximum absolute atomic E-state index is 11.7. The van der Waals surface area contributed by atoms with Crippen LogP contribution < -0.4 is 5.73 Å².